The second-order valence-electron chi connectivity index (χ2n) is 7.90. The predicted molar refractivity (Wildman–Crippen MR) is 146 cm³/mol. The van der Waals surface area contributed by atoms with Crippen molar-refractivity contribution in [1.82, 2.24) is 9.66 Å². The predicted octanol–water partition coefficient (Wildman–Crippen LogP) is 6.74. The van der Waals surface area contributed by atoms with Crippen LogP contribution in [0.2, 0.25) is 0 Å². The van der Waals surface area contributed by atoms with Crippen molar-refractivity contribution in [3.05, 3.63) is 60.1 Å². The molecule has 0 saturated heterocycles. The van der Waals surface area contributed by atoms with E-state index in [2.05, 4.69) is 64.4 Å². The maximum Gasteiger partial charge on any atom is 0.282 e. The average molecular weight is 626 g/mol. The summed E-state index contributed by atoms with van der Waals surface area (Å²) in [5.74, 6) is 2.12. The second-order valence-corrected chi connectivity index (χ2v) is 9.98. The second kappa shape index (κ2) is 11.5. The molecule has 1 heterocycles. The standard InChI is InChI=1S/C25H29BrIN3O3/c1-6-15(4)24-29-21-10-9-18(26)13-19(21)25(31)30(24)28-14-17-11-20(27)23(33-16(5)7-2)22(12-17)32-8-3/h9-16H,6-8H2,1-5H3/t15-,16-/m0/s1. The van der Waals surface area contributed by atoms with E-state index in [9.17, 15) is 4.79 Å². The summed E-state index contributed by atoms with van der Waals surface area (Å²) < 4.78 is 15.1. The van der Waals surface area contributed by atoms with E-state index in [0.29, 0.717) is 29.1 Å². The summed E-state index contributed by atoms with van der Waals surface area (Å²) in [6, 6.07) is 9.40. The van der Waals surface area contributed by atoms with Gasteiger partial charge in [-0.15, -0.1) is 0 Å². The van der Waals surface area contributed by atoms with Gasteiger partial charge in [0.15, 0.2) is 11.5 Å². The first kappa shape index (κ1) is 25.7. The lowest BCUT2D eigenvalue weighted by molar-refractivity contribution is 0.201. The van der Waals surface area contributed by atoms with Gasteiger partial charge >= 0.3 is 0 Å². The van der Waals surface area contributed by atoms with Crippen LogP contribution in [-0.4, -0.2) is 28.6 Å². The summed E-state index contributed by atoms with van der Waals surface area (Å²) in [6.07, 6.45) is 3.50. The van der Waals surface area contributed by atoms with Gasteiger partial charge < -0.3 is 9.47 Å². The zero-order valence-electron chi connectivity index (χ0n) is 19.6. The van der Waals surface area contributed by atoms with Gasteiger partial charge in [-0.3, -0.25) is 4.79 Å². The highest BCUT2D eigenvalue weighted by molar-refractivity contribution is 14.1. The molecule has 176 valence electrons. The molecule has 0 spiro atoms. The highest BCUT2D eigenvalue weighted by atomic mass is 127. The fourth-order valence-corrected chi connectivity index (χ4v) is 4.34. The van der Waals surface area contributed by atoms with E-state index in [1.54, 1.807) is 12.3 Å². The van der Waals surface area contributed by atoms with Gasteiger partial charge in [-0.05, 0) is 85.2 Å². The number of hydrogen-bond acceptors (Lipinski definition) is 5. The summed E-state index contributed by atoms with van der Waals surface area (Å²) in [5, 5.41) is 5.10. The molecule has 33 heavy (non-hydrogen) atoms. The lowest BCUT2D eigenvalue weighted by atomic mass is 10.1. The first-order valence-electron chi connectivity index (χ1n) is 11.2. The van der Waals surface area contributed by atoms with Gasteiger partial charge in [0, 0.05) is 10.4 Å². The van der Waals surface area contributed by atoms with Crippen molar-refractivity contribution in [3.8, 4) is 11.5 Å². The number of ether oxygens (including phenoxy) is 2. The van der Waals surface area contributed by atoms with Crippen LogP contribution < -0.4 is 15.0 Å². The molecule has 0 N–H and O–H groups in total. The Morgan fingerprint density at radius 1 is 1.18 bits per heavy atom. The number of aromatic nitrogens is 2. The molecule has 0 amide bonds. The molecule has 0 aliphatic rings. The van der Waals surface area contributed by atoms with Crippen molar-refractivity contribution in [1.29, 1.82) is 0 Å². The van der Waals surface area contributed by atoms with Crippen molar-refractivity contribution < 1.29 is 9.47 Å². The first-order valence-corrected chi connectivity index (χ1v) is 13.1. The van der Waals surface area contributed by atoms with E-state index in [1.165, 1.54) is 4.68 Å². The molecule has 2 aromatic carbocycles. The maximum absolute atomic E-state index is 13.3. The molecule has 1 aromatic heterocycles. The normalized spacial score (nSPS) is 13.4. The molecule has 3 aromatic rings. The maximum atomic E-state index is 13.3. The summed E-state index contributed by atoms with van der Waals surface area (Å²) in [4.78, 5) is 18.1. The van der Waals surface area contributed by atoms with Gasteiger partial charge in [-0.1, -0.05) is 36.7 Å². The van der Waals surface area contributed by atoms with E-state index < -0.39 is 0 Å². The highest BCUT2D eigenvalue weighted by Gasteiger charge is 2.17. The molecule has 0 aliphatic carbocycles. The third kappa shape index (κ3) is 5.95. The SMILES string of the molecule is CCOc1cc(C=Nn2c([C@@H](C)CC)nc3ccc(Br)cc3c2=O)cc(I)c1O[C@@H](C)CC. The molecule has 0 aliphatic heterocycles. The van der Waals surface area contributed by atoms with E-state index in [-0.39, 0.29) is 17.6 Å². The van der Waals surface area contributed by atoms with Crippen LogP contribution in [0.1, 0.15) is 64.8 Å². The summed E-state index contributed by atoms with van der Waals surface area (Å²) in [6.45, 7) is 10.7. The lowest BCUT2D eigenvalue weighted by Crippen LogP contribution is -2.23. The van der Waals surface area contributed by atoms with Crippen LogP contribution in [0.4, 0.5) is 0 Å². The smallest absolute Gasteiger partial charge is 0.282 e. The Kier molecular flexibility index (Phi) is 8.92. The number of rotatable bonds is 9. The zero-order valence-corrected chi connectivity index (χ0v) is 23.3. The van der Waals surface area contributed by atoms with Gasteiger partial charge in [-0.25, -0.2) is 4.98 Å². The minimum absolute atomic E-state index is 0.0772. The average Bonchev–Trinajstić information content (AvgIpc) is 2.80. The van der Waals surface area contributed by atoms with Crippen LogP contribution in [0.3, 0.4) is 0 Å². The number of halogens is 2. The Morgan fingerprint density at radius 2 is 1.94 bits per heavy atom. The van der Waals surface area contributed by atoms with Gasteiger partial charge in [0.25, 0.3) is 5.56 Å². The van der Waals surface area contributed by atoms with Crippen LogP contribution in [-0.2, 0) is 0 Å². The molecule has 0 unspecified atom stereocenters. The Hall–Kier alpha value is -1.94. The van der Waals surface area contributed by atoms with Crippen molar-refractivity contribution in [2.45, 2.75) is 59.5 Å². The third-order valence-electron chi connectivity index (χ3n) is 5.43. The zero-order chi connectivity index (χ0) is 24.1. The van der Waals surface area contributed by atoms with Crippen molar-refractivity contribution in [3.63, 3.8) is 0 Å². The molecule has 8 heteroatoms. The van der Waals surface area contributed by atoms with E-state index in [4.69, 9.17) is 14.5 Å². The van der Waals surface area contributed by atoms with E-state index in [1.807, 2.05) is 38.1 Å². The molecule has 0 fully saturated rings. The Bertz CT molecular complexity index is 1230. The minimum Gasteiger partial charge on any atom is -0.490 e. The molecule has 6 nitrogen and oxygen atoms in total. The minimum atomic E-state index is -0.190. The van der Waals surface area contributed by atoms with Crippen molar-refractivity contribution in [2.24, 2.45) is 5.10 Å². The van der Waals surface area contributed by atoms with Crippen LogP contribution in [0, 0.1) is 3.57 Å². The van der Waals surface area contributed by atoms with Crippen molar-refractivity contribution in [2.75, 3.05) is 6.61 Å². The third-order valence-corrected chi connectivity index (χ3v) is 6.73. The lowest BCUT2D eigenvalue weighted by Gasteiger charge is -2.18. The van der Waals surface area contributed by atoms with E-state index >= 15 is 0 Å². The van der Waals surface area contributed by atoms with Crippen LogP contribution in [0.5, 0.6) is 11.5 Å². The van der Waals surface area contributed by atoms with Crippen molar-refractivity contribution >= 4 is 55.6 Å². The topological polar surface area (TPSA) is 65.7 Å². The Balaban J connectivity index is 2.11. The molecule has 2 atom stereocenters. The molecular formula is C25H29BrIN3O3. The van der Waals surface area contributed by atoms with Gasteiger partial charge in [-0.2, -0.15) is 9.78 Å². The number of fused-ring (bicyclic) bond motifs is 1. The monoisotopic (exact) mass is 625 g/mol. The molecule has 0 bridgehead atoms. The molecule has 3 rings (SSSR count). The summed E-state index contributed by atoms with van der Waals surface area (Å²) in [5.41, 5.74) is 1.30. The number of benzene rings is 2. The summed E-state index contributed by atoms with van der Waals surface area (Å²) in [7, 11) is 0. The van der Waals surface area contributed by atoms with Gasteiger partial charge in [0.1, 0.15) is 5.82 Å². The highest BCUT2D eigenvalue weighted by Crippen LogP contribution is 2.35. The Labute approximate surface area is 216 Å². The number of nitrogens with zero attached hydrogens (tertiary/aromatic N) is 3. The quantitative estimate of drug-likeness (QED) is 0.195. The van der Waals surface area contributed by atoms with E-state index in [0.717, 1.165) is 32.2 Å². The fraction of sp³-hybridized carbons (Fsp3) is 0.400. The largest absolute Gasteiger partial charge is 0.490 e. The fourth-order valence-electron chi connectivity index (χ4n) is 3.23. The van der Waals surface area contributed by atoms with Crippen LogP contribution in [0.25, 0.3) is 10.9 Å². The Morgan fingerprint density at radius 3 is 2.61 bits per heavy atom. The number of hydrogen-bond donors (Lipinski definition) is 0. The molecule has 0 radical (unpaired) electrons. The summed E-state index contributed by atoms with van der Waals surface area (Å²) >= 11 is 5.69. The van der Waals surface area contributed by atoms with Crippen LogP contribution in [0.15, 0.2) is 44.7 Å². The van der Waals surface area contributed by atoms with Crippen LogP contribution >= 0.6 is 38.5 Å². The van der Waals surface area contributed by atoms with Gasteiger partial charge in [0.2, 0.25) is 0 Å². The first-order chi connectivity index (χ1) is 15.8. The molecular weight excluding hydrogens is 597 g/mol. The van der Waals surface area contributed by atoms with Gasteiger partial charge in [0.05, 0.1) is 33.4 Å². The molecule has 0 saturated carbocycles.